The molecule has 2 aromatic heterocycles. The Morgan fingerprint density at radius 2 is 2.10 bits per heavy atom. The molecule has 0 bridgehead atoms. The Hall–Kier alpha value is -1.91. The molecule has 0 atom stereocenters. The van der Waals surface area contributed by atoms with E-state index in [1.165, 1.54) is 29.7 Å². The molecule has 20 heavy (non-hydrogen) atoms. The second kappa shape index (κ2) is 5.61. The Bertz CT molecular complexity index is 602. The van der Waals surface area contributed by atoms with Crippen LogP contribution in [0.4, 0.5) is 5.82 Å². The van der Waals surface area contributed by atoms with Crippen LogP contribution in [0.25, 0.3) is 0 Å². The third kappa shape index (κ3) is 2.53. The lowest BCUT2D eigenvalue weighted by atomic mass is 9.96. The van der Waals surface area contributed by atoms with Crippen LogP contribution in [0.15, 0.2) is 12.5 Å². The van der Waals surface area contributed by atoms with Crippen molar-refractivity contribution < 1.29 is 0 Å². The molecular formula is C15H21N5. The van der Waals surface area contributed by atoms with E-state index in [2.05, 4.69) is 33.5 Å². The number of fused-ring (bicyclic) bond motifs is 1. The minimum Gasteiger partial charge on any atom is -0.366 e. The number of rotatable bonds is 4. The molecule has 5 heteroatoms. The topological polar surface area (TPSA) is 55.6 Å². The number of aryl methyl sites for hydroxylation is 3. The number of anilines is 1. The van der Waals surface area contributed by atoms with Crippen molar-refractivity contribution in [3.8, 4) is 0 Å². The lowest BCUT2D eigenvalue weighted by Crippen LogP contribution is -2.12. The zero-order chi connectivity index (χ0) is 13.9. The van der Waals surface area contributed by atoms with Crippen LogP contribution in [0, 0.1) is 0 Å². The van der Waals surface area contributed by atoms with E-state index < -0.39 is 0 Å². The van der Waals surface area contributed by atoms with Gasteiger partial charge < -0.3 is 5.32 Å². The van der Waals surface area contributed by atoms with Crippen molar-refractivity contribution in [1.82, 2.24) is 19.7 Å². The fourth-order valence-corrected chi connectivity index (χ4v) is 2.88. The highest BCUT2D eigenvalue weighted by Gasteiger charge is 2.15. The monoisotopic (exact) mass is 271 g/mol. The van der Waals surface area contributed by atoms with Gasteiger partial charge in [-0.2, -0.15) is 5.10 Å². The average Bonchev–Trinajstić information content (AvgIpc) is 2.85. The van der Waals surface area contributed by atoms with Gasteiger partial charge in [-0.15, -0.1) is 0 Å². The summed E-state index contributed by atoms with van der Waals surface area (Å²) in [5, 5.41) is 7.95. The van der Waals surface area contributed by atoms with Crippen molar-refractivity contribution in [2.75, 3.05) is 5.32 Å². The highest BCUT2D eigenvalue weighted by atomic mass is 15.3. The first kappa shape index (κ1) is 13.1. The molecule has 1 aliphatic rings. The van der Waals surface area contributed by atoms with Crippen molar-refractivity contribution in [2.24, 2.45) is 7.05 Å². The van der Waals surface area contributed by atoms with Crippen molar-refractivity contribution in [3.63, 3.8) is 0 Å². The summed E-state index contributed by atoms with van der Waals surface area (Å²) >= 11 is 0. The molecule has 0 amide bonds. The average molecular weight is 271 g/mol. The zero-order valence-electron chi connectivity index (χ0n) is 12.2. The predicted octanol–water partition coefficient (Wildman–Crippen LogP) is 2.26. The maximum Gasteiger partial charge on any atom is 0.133 e. The molecule has 0 unspecified atom stereocenters. The molecule has 2 heterocycles. The molecule has 0 saturated heterocycles. The van der Waals surface area contributed by atoms with E-state index in [0.29, 0.717) is 0 Å². The smallest absolute Gasteiger partial charge is 0.133 e. The highest BCUT2D eigenvalue weighted by Crippen LogP contribution is 2.24. The van der Waals surface area contributed by atoms with E-state index in [1.807, 2.05) is 11.7 Å². The molecule has 5 nitrogen and oxygen atoms in total. The normalized spacial score (nSPS) is 14.1. The zero-order valence-corrected chi connectivity index (χ0v) is 12.2. The molecule has 0 fully saturated rings. The van der Waals surface area contributed by atoms with Gasteiger partial charge in [0.05, 0.1) is 5.69 Å². The van der Waals surface area contributed by atoms with Gasteiger partial charge in [-0.1, -0.05) is 6.92 Å². The molecule has 0 aromatic carbocycles. The molecule has 106 valence electrons. The Kier molecular flexibility index (Phi) is 3.67. The maximum absolute atomic E-state index is 4.47. The van der Waals surface area contributed by atoms with Crippen LogP contribution in [0.2, 0.25) is 0 Å². The molecule has 2 aromatic rings. The predicted molar refractivity (Wildman–Crippen MR) is 78.6 cm³/mol. The van der Waals surface area contributed by atoms with E-state index in [0.717, 1.165) is 37.3 Å². The van der Waals surface area contributed by atoms with Gasteiger partial charge in [-0.25, -0.2) is 9.97 Å². The summed E-state index contributed by atoms with van der Waals surface area (Å²) in [6.07, 6.45) is 9.37. The van der Waals surface area contributed by atoms with Crippen molar-refractivity contribution in [1.29, 1.82) is 0 Å². The number of nitrogens with one attached hydrogen (secondary N) is 1. The van der Waals surface area contributed by atoms with Gasteiger partial charge in [0, 0.05) is 36.6 Å². The number of aromatic nitrogens is 4. The highest BCUT2D eigenvalue weighted by molar-refractivity contribution is 5.47. The second-order valence-electron chi connectivity index (χ2n) is 5.34. The van der Waals surface area contributed by atoms with Crippen LogP contribution in [0.3, 0.4) is 0 Å². The van der Waals surface area contributed by atoms with Gasteiger partial charge in [0.25, 0.3) is 0 Å². The van der Waals surface area contributed by atoms with Crippen LogP contribution in [0.5, 0.6) is 0 Å². The van der Waals surface area contributed by atoms with Crippen LogP contribution < -0.4 is 5.32 Å². The van der Waals surface area contributed by atoms with Gasteiger partial charge in [0.1, 0.15) is 12.1 Å². The van der Waals surface area contributed by atoms with Crippen LogP contribution in [-0.2, 0) is 32.9 Å². The van der Waals surface area contributed by atoms with E-state index in [1.54, 1.807) is 6.33 Å². The largest absolute Gasteiger partial charge is 0.366 e. The van der Waals surface area contributed by atoms with Crippen LogP contribution >= 0.6 is 0 Å². The van der Waals surface area contributed by atoms with Gasteiger partial charge in [0.15, 0.2) is 0 Å². The van der Waals surface area contributed by atoms with E-state index in [9.17, 15) is 0 Å². The lowest BCUT2D eigenvalue weighted by Gasteiger charge is -2.17. The number of hydrogen-bond acceptors (Lipinski definition) is 4. The molecule has 3 rings (SSSR count). The first-order valence-corrected chi connectivity index (χ1v) is 7.36. The first-order valence-electron chi connectivity index (χ1n) is 7.36. The summed E-state index contributed by atoms with van der Waals surface area (Å²) < 4.78 is 1.88. The van der Waals surface area contributed by atoms with Crippen molar-refractivity contribution in [3.05, 3.63) is 35.0 Å². The molecule has 1 aliphatic carbocycles. The van der Waals surface area contributed by atoms with Gasteiger partial charge >= 0.3 is 0 Å². The van der Waals surface area contributed by atoms with Gasteiger partial charge in [-0.05, 0) is 32.1 Å². The molecule has 1 N–H and O–H groups in total. The van der Waals surface area contributed by atoms with Crippen molar-refractivity contribution >= 4 is 5.82 Å². The summed E-state index contributed by atoms with van der Waals surface area (Å²) in [7, 11) is 1.97. The van der Waals surface area contributed by atoms with Crippen LogP contribution in [-0.4, -0.2) is 19.7 Å². The lowest BCUT2D eigenvalue weighted by molar-refractivity contribution is 0.663. The fraction of sp³-hybridized carbons (Fsp3) is 0.533. The quantitative estimate of drug-likeness (QED) is 0.926. The Balaban J connectivity index is 1.78. The molecule has 0 radical (unpaired) electrons. The minimum atomic E-state index is 0.778. The summed E-state index contributed by atoms with van der Waals surface area (Å²) in [5.41, 5.74) is 4.93. The van der Waals surface area contributed by atoms with E-state index in [-0.39, 0.29) is 0 Å². The van der Waals surface area contributed by atoms with Crippen LogP contribution in [0.1, 0.15) is 42.3 Å². The number of hydrogen-bond donors (Lipinski definition) is 1. The molecular weight excluding hydrogens is 250 g/mol. The summed E-state index contributed by atoms with van der Waals surface area (Å²) in [5.74, 6) is 1.00. The van der Waals surface area contributed by atoms with Crippen molar-refractivity contribution in [2.45, 2.75) is 45.6 Å². The SMILES string of the molecule is CCc1nn(C)cc1CNc1ncnc2c1CCCC2. The van der Waals surface area contributed by atoms with E-state index >= 15 is 0 Å². The van der Waals surface area contributed by atoms with E-state index in [4.69, 9.17) is 0 Å². The summed E-state index contributed by atoms with van der Waals surface area (Å²) in [4.78, 5) is 8.83. The Morgan fingerprint density at radius 3 is 2.95 bits per heavy atom. The Labute approximate surface area is 119 Å². The Morgan fingerprint density at radius 1 is 1.25 bits per heavy atom. The minimum absolute atomic E-state index is 0.778. The summed E-state index contributed by atoms with van der Waals surface area (Å²) in [6, 6.07) is 0. The molecule has 0 aliphatic heterocycles. The number of nitrogens with zero attached hydrogens (tertiary/aromatic N) is 4. The van der Waals surface area contributed by atoms with Gasteiger partial charge in [0.2, 0.25) is 0 Å². The molecule has 0 spiro atoms. The third-order valence-corrected chi connectivity index (χ3v) is 3.90. The molecule has 0 saturated carbocycles. The maximum atomic E-state index is 4.47. The van der Waals surface area contributed by atoms with Gasteiger partial charge in [-0.3, -0.25) is 4.68 Å². The standard InChI is InChI=1S/C15H21N5/c1-3-13-11(9-20(2)19-13)8-16-15-12-6-4-5-7-14(12)17-10-18-15/h9-10H,3-8H2,1-2H3,(H,16,17,18). The first-order chi connectivity index (χ1) is 9.78. The third-order valence-electron chi connectivity index (χ3n) is 3.90. The second-order valence-corrected chi connectivity index (χ2v) is 5.34. The fourth-order valence-electron chi connectivity index (χ4n) is 2.88. The summed E-state index contributed by atoms with van der Waals surface area (Å²) in [6.45, 7) is 2.92.